The first kappa shape index (κ1) is 38.8. The maximum Gasteiger partial charge on any atom is 0.264 e. The van der Waals surface area contributed by atoms with Crippen molar-refractivity contribution in [3.05, 3.63) is 70.0 Å². The molecule has 2 aliphatic heterocycles. The number of hydrogen-bond acceptors (Lipinski definition) is 7. The number of benzene rings is 2. The number of allylic oxidation sites excluding steroid dienone is 1. The van der Waals surface area contributed by atoms with Crippen LogP contribution in [0.2, 0.25) is 0 Å². The second-order valence-corrected chi connectivity index (χ2v) is 18.7. The van der Waals surface area contributed by atoms with Crippen molar-refractivity contribution in [2.24, 2.45) is 0 Å². The van der Waals surface area contributed by atoms with Gasteiger partial charge in [-0.2, -0.15) is 5.10 Å². The number of likely N-dealkylation sites (N-methyl/N-ethyl adjacent to an activating group) is 1. The van der Waals surface area contributed by atoms with E-state index in [1.54, 1.807) is 27.0 Å². The molecule has 1 saturated carbocycles. The topological polar surface area (TPSA) is 119 Å². The molecular formula is C43H56N6O5S. The van der Waals surface area contributed by atoms with E-state index >= 15 is 0 Å². The monoisotopic (exact) mass is 768 g/mol. The molecule has 4 heterocycles. The zero-order valence-electron chi connectivity index (χ0n) is 33.8. The number of aromatic nitrogens is 3. The van der Waals surface area contributed by atoms with E-state index in [1.807, 2.05) is 34.7 Å². The van der Waals surface area contributed by atoms with Crippen molar-refractivity contribution in [1.82, 2.24) is 28.9 Å². The van der Waals surface area contributed by atoms with Crippen LogP contribution in [0.15, 0.2) is 36.4 Å². The summed E-state index contributed by atoms with van der Waals surface area (Å²) in [7, 11) is -0.0552. The third-order valence-electron chi connectivity index (χ3n) is 12.1. The predicted molar refractivity (Wildman–Crippen MR) is 219 cm³/mol. The van der Waals surface area contributed by atoms with Gasteiger partial charge >= 0.3 is 0 Å². The zero-order valence-corrected chi connectivity index (χ0v) is 34.6. The number of aryl methyl sites for hydroxylation is 1. The molecule has 2 aromatic heterocycles. The van der Waals surface area contributed by atoms with E-state index in [0.717, 1.165) is 70.4 Å². The van der Waals surface area contributed by atoms with E-state index in [-0.39, 0.29) is 29.6 Å². The highest BCUT2D eigenvalue weighted by Crippen LogP contribution is 2.48. The van der Waals surface area contributed by atoms with Crippen molar-refractivity contribution in [2.75, 3.05) is 27.2 Å². The van der Waals surface area contributed by atoms with Crippen LogP contribution in [0.1, 0.15) is 129 Å². The Hall–Kier alpha value is -4.42. The van der Waals surface area contributed by atoms with Crippen molar-refractivity contribution >= 4 is 44.4 Å². The normalized spacial score (nSPS) is 19.7. The molecular weight excluding hydrogens is 713 g/mol. The van der Waals surface area contributed by atoms with Gasteiger partial charge in [0.15, 0.2) is 0 Å². The Morgan fingerprint density at radius 1 is 0.945 bits per heavy atom. The second-order valence-electron chi connectivity index (χ2n) is 16.5. The quantitative estimate of drug-likeness (QED) is 0.196. The van der Waals surface area contributed by atoms with Gasteiger partial charge in [-0.05, 0) is 127 Å². The van der Waals surface area contributed by atoms with Gasteiger partial charge in [0.1, 0.15) is 5.75 Å². The average Bonchev–Trinajstić information content (AvgIpc) is 3.61. The molecule has 1 N–H and O–H groups in total. The number of fused-ring (bicyclic) bond motifs is 5. The average molecular weight is 769 g/mol. The lowest BCUT2D eigenvalue weighted by atomic mass is 9.81. The van der Waals surface area contributed by atoms with E-state index in [2.05, 4.69) is 67.1 Å². The number of amides is 2. The van der Waals surface area contributed by atoms with Crippen LogP contribution in [-0.4, -0.2) is 89.0 Å². The number of sulfonamides is 1. The van der Waals surface area contributed by atoms with E-state index in [9.17, 15) is 18.0 Å². The molecule has 0 radical (unpaired) electrons. The predicted octanol–water partition coefficient (Wildman–Crippen LogP) is 7.64. The number of piperazine rings is 1. The summed E-state index contributed by atoms with van der Waals surface area (Å²) in [5, 5.41) is 5.33. The molecule has 4 aromatic rings. The van der Waals surface area contributed by atoms with Crippen LogP contribution in [0.4, 0.5) is 0 Å². The van der Waals surface area contributed by atoms with Crippen LogP contribution < -0.4 is 9.46 Å². The number of ether oxygens (including phenoxy) is 1. The van der Waals surface area contributed by atoms with Crippen molar-refractivity contribution in [1.29, 1.82) is 0 Å². The van der Waals surface area contributed by atoms with E-state index in [0.29, 0.717) is 36.8 Å². The summed E-state index contributed by atoms with van der Waals surface area (Å²) < 4.78 is 37.9. The van der Waals surface area contributed by atoms with Gasteiger partial charge in [-0.25, -0.2) is 13.1 Å². The van der Waals surface area contributed by atoms with Gasteiger partial charge in [0.2, 0.25) is 10.0 Å². The van der Waals surface area contributed by atoms with Gasteiger partial charge in [-0.3, -0.25) is 19.2 Å². The molecule has 2 amide bonds. The molecule has 7 rings (SSSR count). The number of carbonyl (C=O) groups is 2. The molecule has 1 aliphatic carbocycles. The third kappa shape index (κ3) is 7.01. The van der Waals surface area contributed by atoms with Crippen LogP contribution in [-0.2, 0) is 16.6 Å². The number of nitrogens with one attached hydrogen (secondary N) is 1. The lowest BCUT2D eigenvalue weighted by Crippen LogP contribution is -2.56. The van der Waals surface area contributed by atoms with Crippen LogP contribution in [0.3, 0.4) is 0 Å². The van der Waals surface area contributed by atoms with Crippen molar-refractivity contribution < 1.29 is 22.7 Å². The summed E-state index contributed by atoms with van der Waals surface area (Å²) in [6.07, 6.45) is 7.81. The molecule has 1 saturated heterocycles. The Kier molecular flexibility index (Phi) is 10.5. The minimum Gasteiger partial charge on any atom is -0.497 e. The SMILES string of the molecule is COc1ccc2c(c1)C=C(c1c(C(=O)N3CC(C)N(C)C(C)C3)c(C)nn1C(C)C)Cn1c-2c(C2CCCCC2)c2ccc(C(=O)NS(=O)(=O)C(C)C)cc21. The Labute approximate surface area is 325 Å². The Balaban J connectivity index is 1.48. The van der Waals surface area contributed by atoms with Gasteiger partial charge < -0.3 is 14.2 Å². The fourth-order valence-corrected chi connectivity index (χ4v) is 9.46. The first-order valence-electron chi connectivity index (χ1n) is 19.8. The first-order valence-corrected chi connectivity index (χ1v) is 21.4. The summed E-state index contributed by atoms with van der Waals surface area (Å²) in [4.78, 5) is 32.7. The molecule has 0 bridgehead atoms. The fraction of sp³-hybridized carbons (Fsp3) is 0.512. The standard InChI is InChI=1S/C43H56N6O5S/c1-25(2)49-40(38(29(7)44-49)43(51)47-22-27(5)46(8)28(6)23-47)33-19-32-20-34(54-9)16-18-35(32)41-39(30-13-11-10-12-14-30)36-17-15-31(21-37(36)48(41)24-33)42(50)45-55(52,53)26(3)4/h15-21,25-28,30H,10-14,22-24H2,1-9H3,(H,45,50). The molecule has 294 valence electrons. The van der Waals surface area contributed by atoms with Gasteiger partial charge in [0, 0.05) is 53.2 Å². The largest absolute Gasteiger partial charge is 0.497 e. The van der Waals surface area contributed by atoms with E-state index < -0.39 is 21.2 Å². The smallest absolute Gasteiger partial charge is 0.264 e. The van der Waals surface area contributed by atoms with E-state index in [1.165, 1.54) is 12.0 Å². The summed E-state index contributed by atoms with van der Waals surface area (Å²) in [6.45, 7) is 15.2. The molecule has 0 spiro atoms. The van der Waals surface area contributed by atoms with Crippen molar-refractivity contribution in [2.45, 2.75) is 116 Å². The highest BCUT2D eigenvalue weighted by molar-refractivity contribution is 7.90. The molecule has 2 unspecified atom stereocenters. The molecule has 2 fully saturated rings. The maximum atomic E-state index is 14.8. The lowest BCUT2D eigenvalue weighted by molar-refractivity contribution is 0.0413. The van der Waals surface area contributed by atoms with E-state index in [4.69, 9.17) is 9.84 Å². The number of rotatable bonds is 8. The molecule has 12 heteroatoms. The molecule has 2 atom stereocenters. The fourth-order valence-electron chi connectivity index (χ4n) is 8.85. The number of hydrogen-bond donors (Lipinski definition) is 1. The molecule has 3 aliphatic rings. The van der Waals surface area contributed by atoms with Gasteiger partial charge in [0.05, 0.1) is 41.5 Å². The zero-order chi connectivity index (χ0) is 39.5. The van der Waals surface area contributed by atoms with Crippen LogP contribution >= 0.6 is 0 Å². The van der Waals surface area contributed by atoms with Crippen molar-refractivity contribution in [3.8, 4) is 17.0 Å². The number of methoxy groups -OCH3 is 1. The summed E-state index contributed by atoms with van der Waals surface area (Å²) in [5.74, 6) is 0.366. The first-order chi connectivity index (χ1) is 26.1. The highest BCUT2D eigenvalue weighted by Gasteiger charge is 2.36. The Morgan fingerprint density at radius 2 is 1.64 bits per heavy atom. The van der Waals surface area contributed by atoms with Crippen LogP contribution in [0, 0.1) is 6.92 Å². The molecule has 2 aromatic carbocycles. The van der Waals surface area contributed by atoms with Crippen LogP contribution in [0.25, 0.3) is 33.8 Å². The molecule has 11 nitrogen and oxygen atoms in total. The third-order valence-corrected chi connectivity index (χ3v) is 13.9. The number of carbonyl (C=O) groups excluding carboxylic acids is 2. The van der Waals surface area contributed by atoms with Crippen molar-refractivity contribution in [3.63, 3.8) is 0 Å². The summed E-state index contributed by atoms with van der Waals surface area (Å²) in [6, 6.07) is 12.2. The minimum absolute atomic E-state index is 0.0204. The summed E-state index contributed by atoms with van der Waals surface area (Å²) in [5.41, 5.74) is 8.49. The van der Waals surface area contributed by atoms with Gasteiger partial charge in [-0.15, -0.1) is 0 Å². The second kappa shape index (κ2) is 14.9. The van der Waals surface area contributed by atoms with Gasteiger partial charge in [0.25, 0.3) is 11.8 Å². The Bertz CT molecular complexity index is 2280. The summed E-state index contributed by atoms with van der Waals surface area (Å²) >= 11 is 0. The van der Waals surface area contributed by atoms with Crippen LogP contribution in [0.5, 0.6) is 5.75 Å². The minimum atomic E-state index is -3.84. The maximum absolute atomic E-state index is 14.8. The number of nitrogens with zero attached hydrogens (tertiary/aromatic N) is 5. The van der Waals surface area contributed by atoms with Gasteiger partial charge in [-0.1, -0.05) is 25.3 Å². The molecule has 55 heavy (non-hydrogen) atoms. The lowest BCUT2D eigenvalue weighted by Gasteiger charge is -2.42. The Morgan fingerprint density at radius 3 is 2.27 bits per heavy atom. The highest BCUT2D eigenvalue weighted by atomic mass is 32.2.